The second-order valence-corrected chi connectivity index (χ2v) is 12.0. The van der Waals surface area contributed by atoms with E-state index >= 15 is 0 Å². The molecule has 11 nitrogen and oxygen atoms in total. The minimum absolute atomic E-state index is 0.310. The second kappa shape index (κ2) is 14.9. The van der Waals surface area contributed by atoms with Crippen molar-refractivity contribution in [1.29, 1.82) is 0 Å². The topological polar surface area (TPSA) is 130 Å². The number of aromatic nitrogens is 2. The van der Waals surface area contributed by atoms with Crippen molar-refractivity contribution in [1.82, 2.24) is 9.97 Å². The number of amides is 2. The number of carbonyl (C=O) groups excluding carboxylic acids is 2. The molecule has 2 aromatic heterocycles. The van der Waals surface area contributed by atoms with Gasteiger partial charge in [-0.05, 0) is 84.9 Å². The predicted molar refractivity (Wildman–Crippen MR) is 190 cm³/mol. The van der Waals surface area contributed by atoms with E-state index in [1.165, 1.54) is 22.7 Å². The van der Waals surface area contributed by atoms with Crippen molar-refractivity contribution in [3.8, 4) is 57.0 Å². The van der Waals surface area contributed by atoms with Gasteiger partial charge in [0, 0.05) is 33.0 Å². The van der Waals surface area contributed by atoms with Crippen LogP contribution in [0, 0.1) is 0 Å². The number of ether oxygens (including phenoxy) is 5. The molecule has 2 N–H and O–H groups in total. The summed E-state index contributed by atoms with van der Waals surface area (Å²) in [6, 6.07) is 24.3. The lowest BCUT2D eigenvalue weighted by atomic mass is 10.1. The van der Waals surface area contributed by atoms with E-state index in [1.807, 2.05) is 47.2 Å². The Morgan fingerprint density at radius 3 is 1.29 bits per heavy atom. The Hall–Kier alpha value is -5.92. The van der Waals surface area contributed by atoms with E-state index in [2.05, 4.69) is 20.6 Å². The normalized spacial score (nSPS) is 10.6. The number of benzene rings is 4. The van der Waals surface area contributed by atoms with Crippen molar-refractivity contribution in [2.24, 2.45) is 0 Å². The molecule has 6 aromatic rings. The Bertz CT molecular complexity index is 1940. The molecule has 0 fully saturated rings. The third kappa shape index (κ3) is 7.64. The minimum atomic E-state index is -0.310. The van der Waals surface area contributed by atoms with Gasteiger partial charge < -0.3 is 23.7 Å². The lowest BCUT2D eigenvalue weighted by Crippen LogP contribution is -2.11. The van der Waals surface area contributed by atoms with Crippen molar-refractivity contribution in [3.63, 3.8) is 0 Å². The summed E-state index contributed by atoms with van der Waals surface area (Å²) in [6.07, 6.45) is 0. The van der Waals surface area contributed by atoms with Gasteiger partial charge in [0.1, 0.15) is 34.5 Å². The maximum Gasteiger partial charge on any atom is 0.257 e. The molecule has 0 radical (unpaired) electrons. The van der Waals surface area contributed by atoms with Crippen molar-refractivity contribution in [3.05, 3.63) is 107 Å². The summed E-state index contributed by atoms with van der Waals surface area (Å²) < 4.78 is 27.5. The predicted octanol–water partition coefficient (Wildman–Crippen LogP) is 8.26. The number of hydrogen-bond acceptors (Lipinski definition) is 11. The summed E-state index contributed by atoms with van der Waals surface area (Å²) in [4.78, 5) is 35.0. The second-order valence-electron chi connectivity index (χ2n) is 10.3. The summed E-state index contributed by atoms with van der Waals surface area (Å²) in [6.45, 7) is 0. The first-order valence-electron chi connectivity index (χ1n) is 14.7. The lowest BCUT2D eigenvalue weighted by molar-refractivity contribution is 0.101. The van der Waals surface area contributed by atoms with Crippen LogP contribution in [0.3, 0.4) is 0 Å². The molecule has 13 heteroatoms. The monoisotopic (exact) mass is 694 g/mol. The number of hydrogen-bond donors (Lipinski definition) is 2. The van der Waals surface area contributed by atoms with Crippen LogP contribution in [0.4, 0.5) is 10.3 Å². The zero-order valence-electron chi connectivity index (χ0n) is 26.8. The first kappa shape index (κ1) is 33.0. The van der Waals surface area contributed by atoms with E-state index in [0.29, 0.717) is 67.3 Å². The van der Waals surface area contributed by atoms with E-state index in [1.54, 1.807) is 77.0 Å². The molecule has 49 heavy (non-hydrogen) atoms. The summed E-state index contributed by atoms with van der Waals surface area (Å²) in [5.74, 6) is 3.07. The Balaban J connectivity index is 1.04. The van der Waals surface area contributed by atoms with Gasteiger partial charge >= 0.3 is 0 Å². The van der Waals surface area contributed by atoms with Crippen LogP contribution in [0.2, 0.25) is 0 Å². The molecule has 0 saturated carbocycles. The Morgan fingerprint density at radius 1 is 0.531 bits per heavy atom. The van der Waals surface area contributed by atoms with Gasteiger partial charge in [-0.1, -0.05) is 0 Å². The number of rotatable bonds is 12. The molecule has 0 aliphatic rings. The summed E-state index contributed by atoms with van der Waals surface area (Å²) in [7, 11) is 6.36. The van der Waals surface area contributed by atoms with Gasteiger partial charge in [0.05, 0.1) is 39.8 Å². The van der Waals surface area contributed by atoms with Crippen LogP contribution in [-0.4, -0.2) is 50.2 Å². The Labute approximate surface area is 290 Å². The summed E-state index contributed by atoms with van der Waals surface area (Å²) in [5.41, 5.74) is 3.70. The SMILES string of the molecule is COc1ccc(OC)c(-c2csc(NC(=O)c3ccc(Oc4ccc(C(=O)Nc5nc(-c6cc(OC)ccc6OC)cs5)cc4)cc3)n2)c1. The number of nitrogens with zero attached hydrogens (tertiary/aromatic N) is 2. The van der Waals surface area contributed by atoms with E-state index in [4.69, 9.17) is 23.7 Å². The molecule has 0 aliphatic carbocycles. The fraction of sp³-hybridized carbons (Fsp3) is 0.111. The first-order chi connectivity index (χ1) is 23.9. The van der Waals surface area contributed by atoms with Crippen molar-refractivity contribution < 1.29 is 33.3 Å². The first-order valence-corrected chi connectivity index (χ1v) is 16.5. The van der Waals surface area contributed by atoms with E-state index in [-0.39, 0.29) is 11.8 Å². The highest BCUT2D eigenvalue weighted by Crippen LogP contribution is 2.36. The Morgan fingerprint density at radius 2 is 0.918 bits per heavy atom. The molecule has 248 valence electrons. The van der Waals surface area contributed by atoms with Crippen molar-refractivity contribution >= 4 is 44.8 Å². The van der Waals surface area contributed by atoms with Crippen LogP contribution in [-0.2, 0) is 0 Å². The molecular formula is C36H30N4O7S2. The number of thiazole rings is 2. The standard InChI is InChI=1S/C36H30N4O7S2/c1-43-25-13-15-31(45-3)27(17-25)29-19-48-35(37-29)39-33(41)21-5-9-23(10-6-21)47-24-11-7-22(8-12-24)34(42)40-36-38-30(20-49-36)28-18-26(44-2)14-16-32(28)46-4/h5-20H,1-4H3,(H,37,39,41)(H,38,40,42). The molecule has 0 atom stereocenters. The van der Waals surface area contributed by atoms with Crippen molar-refractivity contribution in [2.45, 2.75) is 0 Å². The maximum absolute atomic E-state index is 12.9. The number of anilines is 2. The van der Waals surface area contributed by atoms with Crippen LogP contribution in [0.15, 0.2) is 95.7 Å². The molecule has 0 aliphatic heterocycles. The van der Waals surface area contributed by atoms with Gasteiger partial charge in [0.15, 0.2) is 10.3 Å². The molecule has 2 heterocycles. The molecule has 4 aromatic carbocycles. The number of carbonyl (C=O) groups is 2. The average Bonchev–Trinajstić information content (AvgIpc) is 3.81. The molecule has 6 rings (SSSR count). The highest BCUT2D eigenvalue weighted by molar-refractivity contribution is 7.14. The van der Waals surface area contributed by atoms with E-state index < -0.39 is 0 Å². The smallest absolute Gasteiger partial charge is 0.257 e. The third-order valence-corrected chi connectivity index (χ3v) is 8.80. The van der Waals surface area contributed by atoms with Gasteiger partial charge in [-0.25, -0.2) is 9.97 Å². The summed E-state index contributed by atoms with van der Waals surface area (Å²) >= 11 is 2.61. The van der Waals surface area contributed by atoms with E-state index in [0.717, 1.165) is 11.1 Å². The largest absolute Gasteiger partial charge is 0.497 e. The molecular weight excluding hydrogens is 665 g/mol. The fourth-order valence-electron chi connectivity index (χ4n) is 4.76. The zero-order chi connectivity index (χ0) is 34.3. The van der Waals surface area contributed by atoms with Crippen LogP contribution in [0.25, 0.3) is 22.5 Å². The quantitative estimate of drug-likeness (QED) is 0.130. The molecule has 0 spiro atoms. The van der Waals surface area contributed by atoms with Crippen LogP contribution >= 0.6 is 22.7 Å². The van der Waals surface area contributed by atoms with Gasteiger partial charge in [-0.15, -0.1) is 22.7 Å². The number of nitrogens with one attached hydrogen (secondary N) is 2. The highest BCUT2D eigenvalue weighted by Gasteiger charge is 2.16. The molecule has 0 unspecified atom stereocenters. The fourth-order valence-corrected chi connectivity index (χ4v) is 6.17. The van der Waals surface area contributed by atoms with Crippen molar-refractivity contribution in [2.75, 3.05) is 39.1 Å². The van der Waals surface area contributed by atoms with Gasteiger partial charge in [0.25, 0.3) is 11.8 Å². The van der Waals surface area contributed by atoms with Crippen LogP contribution in [0.1, 0.15) is 20.7 Å². The summed E-state index contributed by atoms with van der Waals surface area (Å²) in [5, 5.41) is 10.3. The van der Waals surface area contributed by atoms with Gasteiger partial charge in [-0.2, -0.15) is 0 Å². The highest BCUT2D eigenvalue weighted by atomic mass is 32.1. The Kier molecular flexibility index (Phi) is 10.0. The number of methoxy groups -OCH3 is 4. The average molecular weight is 695 g/mol. The lowest BCUT2D eigenvalue weighted by Gasteiger charge is -2.09. The zero-order valence-corrected chi connectivity index (χ0v) is 28.4. The third-order valence-electron chi connectivity index (χ3n) is 7.28. The van der Waals surface area contributed by atoms with Crippen LogP contribution in [0.5, 0.6) is 34.5 Å². The molecule has 0 bridgehead atoms. The molecule has 2 amide bonds. The van der Waals surface area contributed by atoms with Gasteiger partial charge in [-0.3, -0.25) is 20.2 Å². The molecule has 0 saturated heterocycles. The minimum Gasteiger partial charge on any atom is -0.497 e. The van der Waals surface area contributed by atoms with Crippen LogP contribution < -0.4 is 34.3 Å². The maximum atomic E-state index is 12.9. The van der Waals surface area contributed by atoms with Gasteiger partial charge in [0.2, 0.25) is 0 Å². The van der Waals surface area contributed by atoms with E-state index in [9.17, 15) is 9.59 Å².